The first-order chi connectivity index (χ1) is 14.9. The van der Waals surface area contributed by atoms with Gasteiger partial charge in [0.25, 0.3) is 11.6 Å². The fourth-order valence-electron chi connectivity index (χ4n) is 5.17. The van der Waals surface area contributed by atoms with E-state index >= 15 is 0 Å². The number of anilines is 2. The van der Waals surface area contributed by atoms with Crippen molar-refractivity contribution in [3.63, 3.8) is 0 Å². The summed E-state index contributed by atoms with van der Waals surface area (Å²) in [7, 11) is 0. The van der Waals surface area contributed by atoms with Crippen molar-refractivity contribution < 1.29 is 19.3 Å². The number of piperidine rings is 1. The standard InChI is InChI=1S/C22H20N4O5/c27-19-22(20(28)25(21(29)23-19)15-6-2-1-3-7-15)13-14-12-16(26(30)31)9-10-17(14)24-11-5-4-8-18(22)24/h1-3,6-7,9-10,12,18H,4-5,8,11,13H2,(H,23,27,29)/t18-,22-/m1/s1. The van der Waals surface area contributed by atoms with Crippen molar-refractivity contribution in [2.75, 3.05) is 16.3 Å². The smallest absolute Gasteiger partial charge is 0.335 e. The Morgan fingerprint density at radius 1 is 1.06 bits per heavy atom. The highest BCUT2D eigenvalue weighted by atomic mass is 16.6. The van der Waals surface area contributed by atoms with Gasteiger partial charge in [0.05, 0.1) is 16.7 Å². The van der Waals surface area contributed by atoms with E-state index in [0.717, 1.165) is 23.4 Å². The van der Waals surface area contributed by atoms with Gasteiger partial charge in [-0.2, -0.15) is 0 Å². The van der Waals surface area contributed by atoms with Gasteiger partial charge in [0, 0.05) is 30.8 Å². The SMILES string of the molecule is O=C1NC(=O)[C@]2(Cc3cc([N+](=O)[O-])ccc3N3CCCC[C@@H]32)C(=O)N1c1ccccc1. The normalized spacial score (nSPS) is 25.2. The molecule has 2 fully saturated rings. The molecule has 31 heavy (non-hydrogen) atoms. The summed E-state index contributed by atoms with van der Waals surface area (Å²) in [5, 5.41) is 13.7. The van der Waals surface area contributed by atoms with Gasteiger partial charge in [-0.1, -0.05) is 18.2 Å². The molecule has 2 atom stereocenters. The molecule has 5 rings (SSSR count). The van der Waals surface area contributed by atoms with Crippen LogP contribution in [0.25, 0.3) is 0 Å². The minimum Gasteiger partial charge on any atom is -0.367 e. The average molecular weight is 420 g/mol. The number of carbonyl (C=O) groups excluding carboxylic acids is 3. The number of nitro groups is 1. The minimum absolute atomic E-state index is 0.00641. The van der Waals surface area contributed by atoms with Gasteiger partial charge in [0.2, 0.25) is 5.91 Å². The number of hydrogen-bond acceptors (Lipinski definition) is 6. The second-order valence-electron chi connectivity index (χ2n) is 8.16. The predicted octanol–water partition coefficient (Wildman–Crippen LogP) is 2.78. The van der Waals surface area contributed by atoms with Crippen LogP contribution >= 0.6 is 0 Å². The van der Waals surface area contributed by atoms with Crippen molar-refractivity contribution in [1.82, 2.24) is 5.32 Å². The van der Waals surface area contributed by atoms with E-state index in [9.17, 15) is 24.5 Å². The average Bonchev–Trinajstić information content (AvgIpc) is 2.78. The first kappa shape index (κ1) is 19.2. The number of carbonyl (C=O) groups is 3. The van der Waals surface area contributed by atoms with E-state index in [0.29, 0.717) is 24.2 Å². The molecule has 4 amide bonds. The van der Waals surface area contributed by atoms with E-state index in [1.54, 1.807) is 36.4 Å². The molecule has 158 valence electrons. The monoisotopic (exact) mass is 420 g/mol. The van der Waals surface area contributed by atoms with Gasteiger partial charge in [-0.15, -0.1) is 0 Å². The van der Waals surface area contributed by atoms with Crippen molar-refractivity contribution in [2.24, 2.45) is 5.41 Å². The fourth-order valence-corrected chi connectivity index (χ4v) is 5.17. The van der Waals surface area contributed by atoms with Crippen LogP contribution in [0.3, 0.4) is 0 Å². The van der Waals surface area contributed by atoms with Crippen molar-refractivity contribution in [3.05, 3.63) is 64.2 Å². The summed E-state index contributed by atoms with van der Waals surface area (Å²) < 4.78 is 0. The molecular formula is C22H20N4O5. The maximum atomic E-state index is 13.9. The Bertz CT molecular complexity index is 1120. The molecule has 0 unspecified atom stereocenters. The lowest BCUT2D eigenvalue weighted by Gasteiger charge is -2.53. The van der Waals surface area contributed by atoms with Crippen molar-refractivity contribution in [3.8, 4) is 0 Å². The van der Waals surface area contributed by atoms with Gasteiger partial charge in [0.15, 0.2) is 5.41 Å². The lowest BCUT2D eigenvalue weighted by molar-refractivity contribution is -0.384. The number of nitro benzene ring substituents is 1. The van der Waals surface area contributed by atoms with Crippen LogP contribution in [0.4, 0.5) is 21.9 Å². The number of hydrogen-bond donors (Lipinski definition) is 1. The Hall–Kier alpha value is -3.75. The second-order valence-corrected chi connectivity index (χ2v) is 8.16. The quantitative estimate of drug-likeness (QED) is 0.454. The number of fused-ring (bicyclic) bond motifs is 4. The van der Waals surface area contributed by atoms with Crippen LogP contribution in [0.2, 0.25) is 0 Å². The number of urea groups is 1. The number of barbiturate groups is 1. The van der Waals surface area contributed by atoms with E-state index in [1.165, 1.54) is 12.1 Å². The number of nitrogens with one attached hydrogen (secondary N) is 1. The Balaban J connectivity index is 1.68. The van der Waals surface area contributed by atoms with Crippen LogP contribution in [0.5, 0.6) is 0 Å². The largest absolute Gasteiger partial charge is 0.367 e. The molecule has 2 aromatic carbocycles. The van der Waals surface area contributed by atoms with Crippen LogP contribution in [-0.2, 0) is 16.0 Å². The van der Waals surface area contributed by atoms with Gasteiger partial charge < -0.3 is 4.90 Å². The minimum atomic E-state index is -1.54. The summed E-state index contributed by atoms with van der Waals surface area (Å²) >= 11 is 0. The third-order valence-electron chi connectivity index (χ3n) is 6.55. The van der Waals surface area contributed by atoms with Crippen molar-refractivity contribution in [1.29, 1.82) is 0 Å². The summed E-state index contributed by atoms with van der Waals surface area (Å²) in [6.07, 6.45) is 2.37. The summed E-state index contributed by atoms with van der Waals surface area (Å²) in [5.74, 6) is -1.22. The lowest BCUT2D eigenvalue weighted by atomic mass is 9.66. The van der Waals surface area contributed by atoms with Crippen LogP contribution in [0.15, 0.2) is 48.5 Å². The molecule has 3 aliphatic heterocycles. The molecule has 0 bridgehead atoms. The number of rotatable bonds is 2. The molecule has 0 aromatic heterocycles. The van der Waals surface area contributed by atoms with Crippen molar-refractivity contribution in [2.45, 2.75) is 31.7 Å². The van der Waals surface area contributed by atoms with Gasteiger partial charge in [0.1, 0.15) is 0 Å². The summed E-state index contributed by atoms with van der Waals surface area (Å²) in [5.41, 5.74) is 0.128. The second kappa shape index (κ2) is 6.90. The van der Waals surface area contributed by atoms with Crippen LogP contribution in [0, 0.1) is 15.5 Å². The van der Waals surface area contributed by atoms with Gasteiger partial charge >= 0.3 is 6.03 Å². The van der Waals surface area contributed by atoms with E-state index in [4.69, 9.17) is 0 Å². The summed E-state index contributed by atoms with van der Waals surface area (Å²) in [6.45, 7) is 0.636. The molecule has 1 spiro atoms. The molecule has 3 aliphatic rings. The van der Waals surface area contributed by atoms with Gasteiger partial charge in [-0.05, 0) is 43.0 Å². The maximum Gasteiger partial charge on any atom is 0.335 e. The molecule has 0 radical (unpaired) electrons. The number of benzene rings is 2. The molecule has 0 saturated carbocycles. The zero-order chi connectivity index (χ0) is 21.8. The molecular weight excluding hydrogens is 400 g/mol. The van der Waals surface area contributed by atoms with Crippen molar-refractivity contribution >= 4 is 34.9 Å². The Morgan fingerprint density at radius 2 is 1.84 bits per heavy atom. The molecule has 9 heteroatoms. The highest BCUT2D eigenvalue weighted by molar-refractivity contribution is 6.30. The first-order valence-electron chi connectivity index (χ1n) is 10.2. The third kappa shape index (κ3) is 2.73. The third-order valence-corrected chi connectivity index (χ3v) is 6.55. The fraction of sp³-hybridized carbons (Fsp3) is 0.318. The number of imide groups is 2. The zero-order valence-corrected chi connectivity index (χ0v) is 16.6. The van der Waals surface area contributed by atoms with E-state index in [1.807, 2.05) is 4.90 Å². The molecule has 2 aromatic rings. The summed E-state index contributed by atoms with van der Waals surface area (Å²) in [4.78, 5) is 53.8. The Kier molecular flexibility index (Phi) is 4.28. The highest BCUT2D eigenvalue weighted by Crippen LogP contribution is 2.48. The van der Waals surface area contributed by atoms with Crippen LogP contribution < -0.4 is 15.1 Å². The summed E-state index contributed by atoms with van der Waals surface area (Å²) in [6, 6.07) is 11.9. The Morgan fingerprint density at radius 3 is 2.58 bits per heavy atom. The molecule has 9 nitrogen and oxygen atoms in total. The topological polar surface area (TPSA) is 113 Å². The van der Waals surface area contributed by atoms with Crippen LogP contribution in [0.1, 0.15) is 24.8 Å². The Labute approximate surface area is 177 Å². The number of nitrogens with zero attached hydrogens (tertiary/aromatic N) is 3. The number of non-ortho nitro benzene ring substituents is 1. The van der Waals surface area contributed by atoms with Gasteiger partial charge in [-0.3, -0.25) is 25.0 Å². The molecule has 0 aliphatic carbocycles. The number of amides is 4. The van der Waals surface area contributed by atoms with E-state index < -0.39 is 34.2 Å². The lowest BCUT2D eigenvalue weighted by Crippen LogP contribution is -2.72. The van der Waals surface area contributed by atoms with Gasteiger partial charge in [-0.25, -0.2) is 9.69 Å². The molecule has 2 saturated heterocycles. The molecule has 3 heterocycles. The zero-order valence-electron chi connectivity index (χ0n) is 16.6. The maximum absolute atomic E-state index is 13.9. The van der Waals surface area contributed by atoms with E-state index in [-0.39, 0.29) is 12.1 Å². The highest BCUT2D eigenvalue weighted by Gasteiger charge is 2.62. The number of para-hydroxylation sites is 1. The molecule has 1 N–H and O–H groups in total. The predicted molar refractivity (Wildman–Crippen MR) is 112 cm³/mol. The first-order valence-corrected chi connectivity index (χ1v) is 10.2. The van der Waals surface area contributed by atoms with E-state index in [2.05, 4.69) is 5.32 Å². The van der Waals surface area contributed by atoms with Crippen LogP contribution in [-0.4, -0.2) is 35.4 Å².